The highest BCUT2D eigenvalue weighted by atomic mass is 19.1. The first-order valence-electron chi connectivity index (χ1n) is 5.13. The van der Waals surface area contributed by atoms with Crippen molar-refractivity contribution in [1.82, 2.24) is 9.97 Å². The number of halogens is 1. The van der Waals surface area contributed by atoms with Gasteiger partial charge in [0.05, 0.1) is 18.3 Å². The van der Waals surface area contributed by atoms with Crippen molar-refractivity contribution in [3.8, 4) is 0 Å². The molecule has 0 amide bonds. The maximum absolute atomic E-state index is 12.6. The van der Waals surface area contributed by atoms with Gasteiger partial charge in [0.25, 0.3) is 0 Å². The lowest BCUT2D eigenvalue weighted by molar-refractivity contribution is -0.141. The topological polar surface area (TPSA) is 75.1 Å². The van der Waals surface area contributed by atoms with Crippen molar-refractivity contribution >= 4 is 11.9 Å². The lowest BCUT2D eigenvalue weighted by atomic mass is 10.0. The first kappa shape index (κ1) is 10.8. The third kappa shape index (κ3) is 2.26. The largest absolute Gasteiger partial charge is 0.481 e. The van der Waals surface area contributed by atoms with Crippen molar-refractivity contribution in [3.63, 3.8) is 0 Å². The number of rotatable bonds is 3. The van der Waals surface area contributed by atoms with Crippen LogP contribution in [0.4, 0.5) is 10.3 Å². The van der Waals surface area contributed by atoms with Gasteiger partial charge in [0.1, 0.15) is 0 Å². The van der Waals surface area contributed by atoms with Gasteiger partial charge < -0.3 is 10.4 Å². The normalized spacial score (nSPS) is 24.3. The Balaban J connectivity index is 2.03. The smallest absolute Gasteiger partial charge is 0.308 e. The van der Waals surface area contributed by atoms with Gasteiger partial charge in [-0.25, -0.2) is 14.4 Å². The van der Waals surface area contributed by atoms with E-state index in [-0.39, 0.29) is 12.0 Å². The Hall–Kier alpha value is -1.72. The lowest BCUT2D eigenvalue weighted by Crippen LogP contribution is -2.30. The van der Waals surface area contributed by atoms with Gasteiger partial charge in [0.2, 0.25) is 5.95 Å². The Morgan fingerprint density at radius 3 is 2.75 bits per heavy atom. The van der Waals surface area contributed by atoms with Crippen molar-refractivity contribution in [1.29, 1.82) is 0 Å². The molecule has 1 aromatic rings. The summed E-state index contributed by atoms with van der Waals surface area (Å²) in [5, 5.41) is 11.9. The molecule has 16 heavy (non-hydrogen) atoms. The van der Waals surface area contributed by atoms with Gasteiger partial charge in [-0.2, -0.15) is 0 Å². The first-order valence-corrected chi connectivity index (χ1v) is 5.13. The monoisotopic (exact) mass is 225 g/mol. The minimum Gasteiger partial charge on any atom is -0.481 e. The molecule has 2 N–H and O–H groups in total. The molecule has 2 rings (SSSR count). The number of aromatic nitrogens is 2. The lowest BCUT2D eigenvalue weighted by Gasteiger charge is -2.16. The number of carboxylic acid groups (broad SMARTS) is 1. The van der Waals surface area contributed by atoms with Crippen LogP contribution in [0.3, 0.4) is 0 Å². The Morgan fingerprint density at radius 1 is 1.44 bits per heavy atom. The molecule has 0 aromatic carbocycles. The van der Waals surface area contributed by atoms with Gasteiger partial charge in [-0.3, -0.25) is 4.79 Å². The summed E-state index contributed by atoms with van der Waals surface area (Å²) in [6.45, 7) is 0. The molecule has 2 unspecified atom stereocenters. The van der Waals surface area contributed by atoms with Crippen molar-refractivity contribution in [2.24, 2.45) is 5.92 Å². The Labute approximate surface area is 91.7 Å². The molecular weight excluding hydrogens is 213 g/mol. The van der Waals surface area contributed by atoms with Crippen molar-refractivity contribution in [2.75, 3.05) is 5.32 Å². The van der Waals surface area contributed by atoms with Crippen LogP contribution in [0.15, 0.2) is 12.4 Å². The summed E-state index contributed by atoms with van der Waals surface area (Å²) in [6.07, 6.45) is 4.42. The predicted octanol–water partition coefficient (Wildman–Crippen LogP) is 1.28. The van der Waals surface area contributed by atoms with Gasteiger partial charge >= 0.3 is 5.97 Å². The molecule has 0 radical (unpaired) electrons. The SMILES string of the molecule is O=C(O)C1CCCC1Nc1ncc(F)cn1. The van der Waals surface area contributed by atoms with E-state index in [9.17, 15) is 9.18 Å². The molecule has 1 aromatic heterocycles. The van der Waals surface area contributed by atoms with Gasteiger partial charge in [0.15, 0.2) is 5.82 Å². The number of hydrogen-bond donors (Lipinski definition) is 2. The first-order chi connectivity index (χ1) is 7.66. The minimum absolute atomic E-state index is 0.164. The summed E-state index contributed by atoms with van der Waals surface area (Å²) in [5.41, 5.74) is 0. The highest BCUT2D eigenvalue weighted by Crippen LogP contribution is 2.27. The van der Waals surface area contributed by atoms with Crippen molar-refractivity contribution < 1.29 is 14.3 Å². The van der Waals surface area contributed by atoms with Crippen LogP contribution in [0, 0.1) is 11.7 Å². The number of nitrogens with zero attached hydrogens (tertiary/aromatic N) is 2. The second kappa shape index (κ2) is 4.42. The molecule has 2 atom stereocenters. The van der Waals surface area contributed by atoms with Crippen molar-refractivity contribution in [3.05, 3.63) is 18.2 Å². The number of carbonyl (C=O) groups is 1. The fourth-order valence-electron chi connectivity index (χ4n) is 1.98. The van der Waals surface area contributed by atoms with E-state index in [2.05, 4.69) is 15.3 Å². The second-order valence-corrected chi connectivity index (χ2v) is 3.85. The van der Waals surface area contributed by atoms with E-state index in [1.165, 1.54) is 0 Å². The molecule has 0 bridgehead atoms. The van der Waals surface area contributed by atoms with Crippen LogP contribution in [-0.4, -0.2) is 27.1 Å². The molecule has 1 fully saturated rings. The zero-order valence-corrected chi connectivity index (χ0v) is 8.56. The zero-order valence-electron chi connectivity index (χ0n) is 8.56. The van der Waals surface area contributed by atoms with E-state index in [0.29, 0.717) is 6.42 Å². The molecule has 1 aliphatic carbocycles. The van der Waals surface area contributed by atoms with Crippen LogP contribution >= 0.6 is 0 Å². The maximum atomic E-state index is 12.6. The Bertz CT molecular complexity index is 382. The van der Waals surface area contributed by atoms with Crippen LogP contribution in [0.25, 0.3) is 0 Å². The maximum Gasteiger partial charge on any atom is 0.308 e. The molecule has 86 valence electrons. The average Bonchev–Trinajstić information content (AvgIpc) is 2.69. The zero-order chi connectivity index (χ0) is 11.5. The fourth-order valence-corrected chi connectivity index (χ4v) is 1.98. The molecule has 5 nitrogen and oxygen atoms in total. The molecule has 1 heterocycles. The average molecular weight is 225 g/mol. The molecule has 6 heteroatoms. The number of nitrogens with one attached hydrogen (secondary N) is 1. The van der Waals surface area contributed by atoms with E-state index in [1.807, 2.05) is 0 Å². The van der Waals surface area contributed by atoms with E-state index >= 15 is 0 Å². The van der Waals surface area contributed by atoms with Crippen LogP contribution in [0.2, 0.25) is 0 Å². The third-order valence-corrected chi connectivity index (χ3v) is 2.77. The Morgan fingerprint density at radius 2 is 2.12 bits per heavy atom. The number of aliphatic carboxylic acids is 1. The van der Waals surface area contributed by atoms with Gasteiger partial charge in [-0.05, 0) is 12.8 Å². The van der Waals surface area contributed by atoms with Gasteiger partial charge in [-0.1, -0.05) is 6.42 Å². The molecule has 0 spiro atoms. The standard InChI is InChI=1S/C10H12FN3O2/c11-6-4-12-10(13-5-6)14-8-3-1-2-7(8)9(15)16/h4-5,7-8H,1-3H2,(H,15,16)(H,12,13,14). The van der Waals surface area contributed by atoms with Gasteiger partial charge in [0, 0.05) is 6.04 Å². The van der Waals surface area contributed by atoms with Crippen LogP contribution < -0.4 is 5.32 Å². The molecule has 0 saturated heterocycles. The minimum atomic E-state index is -0.808. The third-order valence-electron chi connectivity index (χ3n) is 2.77. The van der Waals surface area contributed by atoms with E-state index in [1.54, 1.807) is 0 Å². The quantitative estimate of drug-likeness (QED) is 0.810. The molecular formula is C10H12FN3O2. The summed E-state index contributed by atoms with van der Waals surface area (Å²) in [6, 6.07) is -0.164. The van der Waals surface area contributed by atoms with Crippen molar-refractivity contribution in [2.45, 2.75) is 25.3 Å². The predicted molar refractivity (Wildman–Crippen MR) is 54.4 cm³/mol. The van der Waals surface area contributed by atoms with Crippen LogP contribution in [-0.2, 0) is 4.79 Å². The molecule has 0 aliphatic heterocycles. The van der Waals surface area contributed by atoms with E-state index in [0.717, 1.165) is 25.2 Å². The summed E-state index contributed by atoms with van der Waals surface area (Å²) >= 11 is 0. The van der Waals surface area contributed by atoms with Crippen LogP contribution in [0.1, 0.15) is 19.3 Å². The van der Waals surface area contributed by atoms with Crippen LogP contribution in [0.5, 0.6) is 0 Å². The molecule has 1 aliphatic rings. The van der Waals surface area contributed by atoms with E-state index in [4.69, 9.17) is 5.11 Å². The highest BCUT2D eigenvalue weighted by Gasteiger charge is 2.33. The number of carboxylic acids is 1. The highest BCUT2D eigenvalue weighted by molar-refractivity contribution is 5.71. The van der Waals surface area contributed by atoms with Gasteiger partial charge in [-0.15, -0.1) is 0 Å². The fraction of sp³-hybridized carbons (Fsp3) is 0.500. The summed E-state index contributed by atoms with van der Waals surface area (Å²) < 4.78 is 12.6. The summed E-state index contributed by atoms with van der Waals surface area (Å²) in [5.74, 6) is -1.45. The number of hydrogen-bond acceptors (Lipinski definition) is 4. The Kier molecular flexibility index (Phi) is 2.98. The second-order valence-electron chi connectivity index (χ2n) is 3.85. The number of anilines is 1. The molecule has 1 saturated carbocycles. The van der Waals surface area contributed by atoms with E-state index < -0.39 is 17.7 Å². The summed E-state index contributed by atoms with van der Waals surface area (Å²) in [7, 11) is 0. The summed E-state index contributed by atoms with van der Waals surface area (Å²) in [4.78, 5) is 18.4.